The molecular weight excluding hydrogens is 289 g/mol. The van der Waals surface area contributed by atoms with Crippen molar-refractivity contribution in [3.05, 3.63) is 53.1 Å². The summed E-state index contributed by atoms with van der Waals surface area (Å²) in [4.78, 5) is 3.92. The molecule has 0 bridgehead atoms. The number of benzene rings is 1. The minimum absolute atomic E-state index is 0.0584. The summed E-state index contributed by atoms with van der Waals surface area (Å²) >= 11 is 0. The molecule has 0 amide bonds. The Kier molecular flexibility index (Phi) is 3.19. The van der Waals surface area contributed by atoms with Crippen LogP contribution in [0.25, 0.3) is 11.1 Å². The van der Waals surface area contributed by atoms with Gasteiger partial charge in [-0.3, -0.25) is 4.98 Å². The van der Waals surface area contributed by atoms with Crippen molar-refractivity contribution in [2.24, 2.45) is 0 Å². The molecule has 0 saturated carbocycles. The molecule has 0 N–H and O–H groups in total. The van der Waals surface area contributed by atoms with Gasteiger partial charge in [-0.2, -0.15) is 13.2 Å². The summed E-state index contributed by atoms with van der Waals surface area (Å²) in [5.74, 6) is -1.03. The molecule has 1 atom stereocenters. The third kappa shape index (κ3) is 2.39. The quantitative estimate of drug-likeness (QED) is 0.685. The van der Waals surface area contributed by atoms with E-state index in [1.165, 1.54) is 12.4 Å². The first-order valence-electron chi connectivity index (χ1n) is 6.36. The molecule has 0 spiro atoms. The van der Waals surface area contributed by atoms with Crippen LogP contribution in [0.4, 0.5) is 22.0 Å². The summed E-state index contributed by atoms with van der Waals surface area (Å²) in [5, 5.41) is 0. The lowest BCUT2D eigenvalue weighted by atomic mass is 9.97. The van der Waals surface area contributed by atoms with Crippen molar-refractivity contribution in [1.82, 2.24) is 4.98 Å². The average Bonchev–Trinajstić information content (AvgIpc) is 2.80. The van der Waals surface area contributed by atoms with Gasteiger partial charge in [0.05, 0.1) is 5.56 Å². The molecule has 110 valence electrons. The highest BCUT2D eigenvalue weighted by atomic mass is 19.4. The molecule has 1 aliphatic rings. The van der Waals surface area contributed by atoms with Gasteiger partial charge in [0.1, 0.15) is 12.0 Å². The van der Waals surface area contributed by atoms with Crippen molar-refractivity contribution in [2.45, 2.75) is 25.2 Å². The number of pyridine rings is 1. The number of fused-ring (bicyclic) bond motifs is 1. The summed E-state index contributed by atoms with van der Waals surface area (Å²) in [7, 11) is 0. The molecule has 1 nitrogen and oxygen atoms in total. The molecule has 0 radical (unpaired) electrons. The second kappa shape index (κ2) is 4.79. The highest BCUT2D eigenvalue weighted by Gasteiger charge is 2.32. The Morgan fingerprint density at radius 1 is 1.10 bits per heavy atom. The Morgan fingerprint density at radius 3 is 2.52 bits per heavy atom. The molecule has 3 rings (SSSR count). The molecule has 21 heavy (non-hydrogen) atoms. The van der Waals surface area contributed by atoms with Crippen molar-refractivity contribution in [3.8, 4) is 11.1 Å². The normalized spacial score (nSPS) is 17.9. The van der Waals surface area contributed by atoms with Crippen LogP contribution in [0, 0.1) is 5.82 Å². The molecule has 0 fully saturated rings. The van der Waals surface area contributed by atoms with Gasteiger partial charge in [-0.1, -0.05) is 6.07 Å². The second-order valence-corrected chi connectivity index (χ2v) is 4.96. The van der Waals surface area contributed by atoms with E-state index in [9.17, 15) is 22.0 Å². The predicted octanol–water partition coefficient (Wildman–Crippen LogP) is 4.86. The first-order chi connectivity index (χ1) is 9.88. The van der Waals surface area contributed by atoms with Crippen LogP contribution in [0.5, 0.6) is 0 Å². The molecule has 1 unspecified atom stereocenters. The van der Waals surface area contributed by atoms with E-state index < -0.39 is 23.7 Å². The van der Waals surface area contributed by atoms with E-state index in [1.54, 1.807) is 0 Å². The van der Waals surface area contributed by atoms with Gasteiger partial charge < -0.3 is 0 Å². The van der Waals surface area contributed by atoms with Gasteiger partial charge in [0, 0.05) is 29.1 Å². The van der Waals surface area contributed by atoms with E-state index in [0.717, 1.165) is 12.1 Å². The fourth-order valence-electron chi connectivity index (χ4n) is 2.63. The zero-order chi connectivity index (χ0) is 15.2. The fraction of sp³-hybridized carbons (Fsp3) is 0.267. The monoisotopic (exact) mass is 299 g/mol. The Morgan fingerprint density at radius 2 is 1.86 bits per heavy atom. The number of halogens is 5. The standard InChI is InChI=1S/C15H10F5N/c16-12-4-1-8-6-21-7-11(14(8)12)10-3-2-9(5-13(10)17)15(18,19)20/h2-3,5-7,12H,1,4H2. The first kappa shape index (κ1) is 14.0. The van der Waals surface area contributed by atoms with Crippen LogP contribution in [0.15, 0.2) is 30.6 Å². The zero-order valence-electron chi connectivity index (χ0n) is 10.7. The number of aromatic nitrogens is 1. The molecule has 1 heterocycles. The molecule has 0 aliphatic heterocycles. The summed E-state index contributed by atoms with van der Waals surface area (Å²) < 4.78 is 65.6. The molecule has 6 heteroatoms. The number of hydrogen-bond donors (Lipinski definition) is 0. The van der Waals surface area contributed by atoms with Crippen LogP contribution >= 0.6 is 0 Å². The average molecular weight is 299 g/mol. The minimum atomic E-state index is -4.61. The van der Waals surface area contributed by atoms with Crippen LogP contribution in [0.3, 0.4) is 0 Å². The van der Waals surface area contributed by atoms with Crippen LogP contribution in [0.1, 0.15) is 29.3 Å². The van der Waals surface area contributed by atoms with Crippen LogP contribution in [-0.2, 0) is 12.6 Å². The van der Waals surface area contributed by atoms with Crippen molar-refractivity contribution in [2.75, 3.05) is 0 Å². The third-order valence-corrected chi connectivity index (χ3v) is 3.64. The van der Waals surface area contributed by atoms with Gasteiger partial charge in [-0.15, -0.1) is 0 Å². The maximum Gasteiger partial charge on any atom is 0.416 e. The molecule has 1 aromatic heterocycles. The lowest BCUT2D eigenvalue weighted by Crippen LogP contribution is -2.06. The Labute approximate surface area is 117 Å². The van der Waals surface area contributed by atoms with Gasteiger partial charge in [-0.25, -0.2) is 8.78 Å². The summed E-state index contributed by atoms with van der Waals surface area (Å²) in [6, 6.07) is 2.25. The minimum Gasteiger partial charge on any atom is -0.264 e. The van der Waals surface area contributed by atoms with Crippen LogP contribution in [-0.4, -0.2) is 4.98 Å². The summed E-state index contributed by atoms with van der Waals surface area (Å²) in [6.07, 6.45) is -2.25. The number of aryl methyl sites for hydroxylation is 1. The second-order valence-electron chi connectivity index (χ2n) is 4.96. The lowest BCUT2D eigenvalue weighted by molar-refractivity contribution is -0.137. The highest BCUT2D eigenvalue weighted by molar-refractivity contribution is 5.70. The van der Waals surface area contributed by atoms with E-state index in [4.69, 9.17) is 0 Å². The van der Waals surface area contributed by atoms with Gasteiger partial charge in [0.15, 0.2) is 0 Å². The van der Waals surface area contributed by atoms with E-state index in [1.807, 2.05) is 0 Å². The predicted molar refractivity (Wildman–Crippen MR) is 66.8 cm³/mol. The number of nitrogens with zero attached hydrogens (tertiary/aromatic N) is 1. The zero-order valence-corrected chi connectivity index (χ0v) is 10.7. The number of hydrogen-bond acceptors (Lipinski definition) is 1. The van der Waals surface area contributed by atoms with Crippen LogP contribution in [0.2, 0.25) is 0 Å². The largest absolute Gasteiger partial charge is 0.416 e. The van der Waals surface area contributed by atoms with Crippen LogP contribution < -0.4 is 0 Å². The topological polar surface area (TPSA) is 12.9 Å². The van der Waals surface area contributed by atoms with Crippen molar-refractivity contribution in [1.29, 1.82) is 0 Å². The van der Waals surface area contributed by atoms with Crippen molar-refractivity contribution < 1.29 is 22.0 Å². The smallest absolute Gasteiger partial charge is 0.264 e. The van der Waals surface area contributed by atoms with Gasteiger partial charge in [-0.05, 0) is 30.5 Å². The fourth-order valence-corrected chi connectivity index (χ4v) is 2.63. The van der Waals surface area contributed by atoms with Gasteiger partial charge in [0.25, 0.3) is 0 Å². The summed E-state index contributed by atoms with van der Waals surface area (Å²) in [6.45, 7) is 0. The van der Waals surface area contributed by atoms with E-state index in [-0.39, 0.29) is 17.5 Å². The summed E-state index contributed by atoms with van der Waals surface area (Å²) in [5.41, 5.74) is 0.115. The van der Waals surface area contributed by atoms with Crippen molar-refractivity contribution in [3.63, 3.8) is 0 Å². The first-order valence-corrected chi connectivity index (χ1v) is 6.36. The lowest BCUT2D eigenvalue weighted by Gasteiger charge is -2.13. The molecule has 1 aliphatic carbocycles. The van der Waals surface area contributed by atoms with E-state index in [2.05, 4.69) is 4.98 Å². The number of rotatable bonds is 1. The maximum atomic E-state index is 14.0. The Balaban J connectivity index is 2.13. The SMILES string of the molecule is Fc1cc(C(F)(F)F)ccc1-c1cncc2c1C(F)CC2. The molecule has 2 aromatic rings. The molecule has 1 aromatic carbocycles. The molecular formula is C15H10F5N. The molecule has 0 saturated heterocycles. The third-order valence-electron chi connectivity index (χ3n) is 3.64. The Hall–Kier alpha value is -1.98. The maximum absolute atomic E-state index is 14.0. The van der Waals surface area contributed by atoms with Gasteiger partial charge >= 0.3 is 6.18 Å². The number of alkyl halides is 4. The van der Waals surface area contributed by atoms with E-state index in [0.29, 0.717) is 23.6 Å². The highest BCUT2D eigenvalue weighted by Crippen LogP contribution is 2.41. The van der Waals surface area contributed by atoms with Crippen molar-refractivity contribution >= 4 is 0 Å². The van der Waals surface area contributed by atoms with E-state index >= 15 is 0 Å². The Bertz CT molecular complexity index is 693. The van der Waals surface area contributed by atoms with Gasteiger partial charge in [0.2, 0.25) is 0 Å².